The predicted octanol–water partition coefficient (Wildman–Crippen LogP) is 4.71. The molecule has 2 aliphatic rings. The Hall–Kier alpha value is -3.30. The van der Waals surface area contributed by atoms with Gasteiger partial charge < -0.3 is 24.4 Å². The average molecular weight is 491 g/mol. The molecule has 1 atom stereocenters. The number of hydrogen-bond acceptors (Lipinski definition) is 4. The van der Waals surface area contributed by atoms with E-state index in [2.05, 4.69) is 0 Å². The number of hydrogen-bond donors (Lipinski definition) is 2. The van der Waals surface area contributed by atoms with E-state index in [1.54, 1.807) is 53.4 Å². The van der Waals surface area contributed by atoms with Gasteiger partial charge in [0.2, 0.25) is 0 Å². The van der Waals surface area contributed by atoms with Crippen molar-refractivity contribution in [1.29, 1.82) is 0 Å². The number of aliphatic hydroxyl groups is 2. The topological polar surface area (TPSA) is 74.9 Å². The minimum atomic E-state index is -4.52. The minimum Gasteiger partial charge on any atom is -0.479 e. The van der Waals surface area contributed by atoms with Crippen molar-refractivity contribution < 1.29 is 35.8 Å². The number of rotatable bonds is 3. The number of fused-ring (bicyclic) bond motifs is 4. The summed E-state index contributed by atoms with van der Waals surface area (Å²) in [5, 5.41) is 19.5. The molecule has 0 saturated carbocycles. The fourth-order valence-electron chi connectivity index (χ4n) is 4.94. The molecule has 2 N–H and O–H groups in total. The number of carbonyl (C=O) groups is 1. The van der Waals surface area contributed by atoms with E-state index < -0.39 is 29.7 Å². The molecule has 5 rings (SSSR count). The highest BCUT2D eigenvalue weighted by molar-refractivity contribution is 5.94. The molecule has 0 aliphatic carbocycles. The van der Waals surface area contributed by atoms with Crippen molar-refractivity contribution in [2.45, 2.75) is 37.1 Å². The molecule has 188 valence electrons. The predicted molar refractivity (Wildman–Crippen MR) is 126 cm³/mol. The number of aliphatic hydroxyl groups excluding tert-OH is 1. The van der Waals surface area contributed by atoms with Crippen LogP contribution in [0.25, 0.3) is 5.69 Å². The molecule has 2 aromatic carbocycles. The zero-order valence-corrected chi connectivity index (χ0v) is 19.0. The van der Waals surface area contributed by atoms with E-state index >= 15 is 0 Å². The fraction of sp³-hybridized carbons (Fsp3) is 0.346. The molecule has 9 heteroatoms. The molecule has 0 radical (unpaired) electrons. The smallest absolute Gasteiger partial charge is 0.431 e. The lowest BCUT2D eigenvalue weighted by molar-refractivity contribution is -0.143. The number of halogens is 3. The van der Waals surface area contributed by atoms with E-state index in [9.17, 15) is 28.2 Å². The van der Waals surface area contributed by atoms with Crippen molar-refractivity contribution in [3.63, 3.8) is 0 Å². The second kappa shape index (κ2) is 8.13. The van der Waals surface area contributed by atoms with E-state index in [0.29, 0.717) is 54.2 Å². The molecule has 1 amide bonds. The van der Waals surface area contributed by atoms with Crippen molar-refractivity contribution in [1.82, 2.24) is 9.47 Å². The van der Waals surface area contributed by atoms with Crippen LogP contribution in [0.3, 0.4) is 0 Å². The zero-order chi connectivity index (χ0) is 25.0. The summed E-state index contributed by atoms with van der Waals surface area (Å²) in [5.74, 6) is 0.172. The monoisotopic (exact) mass is 490 g/mol. The van der Waals surface area contributed by atoms with Gasteiger partial charge in [-0.1, -0.05) is 24.3 Å². The maximum Gasteiger partial charge on any atom is 0.431 e. The lowest BCUT2D eigenvalue weighted by atomic mass is 9.86. The summed E-state index contributed by atoms with van der Waals surface area (Å²) < 4.78 is 49.0. The van der Waals surface area contributed by atoms with Gasteiger partial charge in [-0.05, 0) is 48.9 Å². The van der Waals surface area contributed by atoms with E-state index in [-0.39, 0.29) is 8.76 Å². The van der Waals surface area contributed by atoms with Gasteiger partial charge in [0.05, 0.1) is 18.0 Å². The Bertz CT molecular complexity index is 1270. The summed E-state index contributed by atoms with van der Waals surface area (Å²) in [7, 11) is 0. The van der Waals surface area contributed by atoms with E-state index in [4.69, 9.17) is 4.74 Å². The van der Waals surface area contributed by atoms with Crippen LogP contribution in [0.15, 0.2) is 60.7 Å². The summed E-state index contributed by atoms with van der Waals surface area (Å²) in [6.07, 6.45) is -3.84. The molecule has 3 heterocycles. The number of carbonyl (C=O) groups excluding carboxylic acids is 1. The number of ether oxygens (including phenoxy) is 1. The first-order chi connectivity index (χ1) is 16.6. The second-order valence-electron chi connectivity index (χ2n) is 9.30. The van der Waals surface area contributed by atoms with Gasteiger partial charge in [-0.2, -0.15) is 13.2 Å². The van der Waals surface area contributed by atoms with Crippen LogP contribution in [-0.4, -0.2) is 45.3 Å². The summed E-state index contributed by atoms with van der Waals surface area (Å²) in [4.78, 5) is 14.8. The Morgan fingerprint density at radius 3 is 2.34 bits per heavy atom. The number of aromatic nitrogens is 1. The van der Waals surface area contributed by atoms with E-state index in [1.807, 2.05) is 0 Å². The minimum absolute atomic E-state index is 0. The summed E-state index contributed by atoms with van der Waals surface area (Å²) in [6.45, 7) is 1.65. The molecular formula is C26H29F3N2O4. The molecule has 3 aromatic rings. The Balaban J connectivity index is 0.00000190. The number of benzene rings is 2. The van der Waals surface area contributed by atoms with Crippen molar-refractivity contribution in [2.75, 3.05) is 19.7 Å². The SMILES string of the molecule is C[C@](O)(CO)c1ccc(C(=O)N2CCC3(CC2)Oc2ccccc2-n2c(C(F)(F)F)ccc23)cc1.[HH].[HH]. The average Bonchev–Trinajstić information content (AvgIpc) is 3.32. The van der Waals surface area contributed by atoms with Crippen LogP contribution >= 0.6 is 0 Å². The maximum atomic E-state index is 13.8. The summed E-state index contributed by atoms with van der Waals surface area (Å²) in [5.41, 5.74) is -1.43. The molecule has 1 spiro atoms. The molecule has 2 aliphatic heterocycles. The van der Waals surface area contributed by atoms with Gasteiger partial charge >= 0.3 is 6.18 Å². The highest BCUT2D eigenvalue weighted by atomic mass is 19.4. The Labute approximate surface area is 203 Å². The number of para-hydroxylation sites is 2. The van der Waals surface area contributed by atoms with Gasteiger partial charge in [0.25, 0.3) is 5.91 Å². The number of piperidine rings is 1. The third-order valence-electron chi connectivity index (χ3n) is 6.97. The quantitative estimate of drug-likeness (QED) is 0.558. The molecule has 1 aromatic heterocycles. The second-order valence-corrected chi connectivity index (χ2v) is 9.30. The molecule has 6 nitrogen and oxygen atoms in total. The van der Waals surface area contributed by atoms with Crippen LogP contribution in [-0.2, 0) is 17.4 Å². The van der Waals surface area contributed by atoms with Gasteiger partial charge in [0, 0.05) is 34.3 Å². The van der Waals surface area contributed by atoms with Crippen LogP contribution in [0.4, 0.5) is 13.2 Å². The Morgan fingerprint density at radius 2 is 1.71 bits per heavy atom. The first kappa shape index (κ1) is 23.4. The van der Waals surface area contributed by atoms with Gasteiger partial charge in [-0.15, -0.1) is 0 Å². The fourth-order valence-corrected chi connectivity index (χ4v) is 4.94. The first-order valence-electron chi connectivity index (χ1n) is 11.4. The van der Waals surface area contributed by atoms with E-state index in [1.165, 1.54) is 17.6 Å². The van der Waals surface area contributed by atoms with Crippen molar-refractivity contribution in [3.8, 4) is 11.4 Å². The Kier molecular flexibility index (Phi) is 5.45. The number of likely N-dealkylation sites (tertiary alicyclic amines) is 1. The van der Waals surface area contributed by atoms with Gasteiger partial charge in [0.1, 0.15) is 17.0 Å². The van der Waals surface area contributed by atoms with Crippen LogP contribution in [0.2, 0.25) is 0 Å². The molecule has 1 saturated heterocycles. The lowest BCUT2D eigenvalue weighted by Crippen LogP contribution is -2.50. The largest absolute Gasteiger partial charge is 0.479 e. The van der Waals surface area contributed by atoms with Crippen LogP contribution in [0, 0.1) is 0 Å². The molecule has 0 unspecified atom stereocenters. The van der Waals surface area contributed by atoms with Crippen LogP contribution in [0.1, 0.15) is 49.9 Å². The molecule has 35 heavy (non-hydrogen) atoms. The highest BCUT2D eigenvalue weighted by Gasteiger charge is 2.48. The normalized spacial score (nSPS) is 18.4. The van der Waals surface area contributed by atoms with Gasteiger partial charge in [0.15, 0.2) is 5.60 Å². The standard InChI is InChI=1S/C26H25F3N2O4.2H2/c1-24(34,16-32)18-8-6-17(7-9-18)23(33)30-14-12-25(13-15-30)21-10-11-22(26(27,28)29)31(21)19-4-2-3-5-20(19)35-25;;/h2-11,32,34H,12-16H2,1H3;2*1H/t24-;;/m0../s1. The van der Waals surface area contributed by atoms with E-state index in [0.717, 1.165) is 6.07 Å². The third-order valence-corrected chi connectivity index (χ3v) is 6.97. The third kappa shape index (κ3) is 3.88. The van der Waals surface area contributed by atoms with Crippen LogP contribution < -0.4 is 4.74 Å². The molecule has 0 bridgehead atoms. The highest BCUT2D eigenvalue weighted by Crippen LogP contribution is 2.48. The van der Waals surface area contributed by atoms with Crippen molar-refractivity contribution in [2.24, 2.45) is 0 Å². The molecular weight excluding hydrogens is 461 g/mol. The van der Waals surface area contributed by atoms with Crippen LogP contribution in [0.5, 0.6) is 5.75 Å². The maximum absolute atomic E-state index is 13.8. The lowest BCUT2D eigenvalue weighted by Gasteiger charge is -2.45. The van der Waals surface area contributed by atoms with Crippen molar-refractivity contribution >= 4 is 5.91 Å². The number of amides is 1. The molecule has 1 fully saturated rings. The summed E-state index contributed by atoms with van der Waals surface area (Å²) in [6, 6.07) is 15.6. The zero-order valence-electron chi connectivity index (χ0n) is 19.0. The Morgan fingerprint density at radius 1 is 1.06 bits per heavy atom. The summed E-state index contributed by atoms with van der Waals surface area (Å²) >= 11 is 0. The number of alkyl halides is 3. The van der Waals surface area contributed by atoms with Gasteiger partial charge in [-0.25, -0.2) is 0 Å². The van der Waals surface area contributed by atoms with Gasteiger partial charge in [-0.3, -0.25) is 4.79 Å². The van der Waals surface area contributed by atoms with Crippen molar-refractivity contribution in [3.05, 3.63) is 83.2 Å². The number of nitrogens with zero attached hydrogens (tertiary/aromatic N) is 2. The first-order valence-corrected chi connectivity index (χ1v) is 11.4.